The normalized spacial score (nSPS) is 15.0. The van der Waals surface area contributed by atoms with E-state index in [1.807, 2.05) is 30.3 Å². The molecule has 4 heteroatoms. The van der Waals surface area contributed by atoms with E-state index in [-0.39, 0.29) is 18.2 Å². The zero-order chi connectivity index (χ0) is 12.3. The van der Waals surface area contributed by atoms with Crippen molar-refractivity contribution in [2.45, 2.75) is 0 Å². The Hall–Kier alpha value is -1.94. The van der Waals surface area contributed by atoms with Crippen molar-refractivity contribution in [3.63, 3.8) is 0 Å². The van der Waals surface area contributed by atoms with Gasteiger partial charge >= 0.3 is 0 Å². The van der Waals surface area contributed by atoms with Gasteiger partial charge in [-0.25, -0.2) is 0 Å². The van der Waals surface area contributed by atoms with Gasteiger partial charge in [0.05, 0.1) is 6.54 Å². The molecule has 17 heavy (non-hydrogen) atoms. The predicted molar refractivity (Wildman–Crippen MR) is 63.1 cm³/mol. The molecule has 88 valence electrons. The summed E-state index contributed by atoms with van der Waals surface area (Å²) in [6, 6.07) is 9.57. The Morgan fingerprint density at radius 2 is 2.00 bits per heavy atom. The lowest BCUT2D eigenvalue weighted by Crippen LogP contribution is -2.32. The van der Waals surface area contributed by atoms with Gasteiger partial charge in [0.2, 0.25) is 5.91 Å². The summed E-state index contributed by atoms with van der Waals surface area (Å²) in [6.45, 7) is -0.124. The van der Waals surface area contributed by atoms with Crippen molar-refractivity contribution in [2.24, 2.45) is 0 Å². The summed E-state index contributed by atoms with van der Waals surface area (Å²) in [5.74, 6) is -0.522. The van der Waals surface area contributed by atoms with Crippen LogP contribution >= 0.6 is 0 Å². The molecule has 1 heterocycles. The van der Waals surface area contributed by atoms with Crippen molar-refractivity contribution in [3.8, 4) is 0 Å². The molecule has 0 aromatic heterocycles. The Morgan fingerprint density at radius 1 is 1.29 bits per heavy atom. The second kappa shape index (κ2) is 4.93. The monoisotopic (exact) mass is 231 g/mol. The summed E-state index contributed by atoms with van der Waals surface area (Å²) in [7, 11) is 0. The molecular formula is C13H13NO3. The van der Waals surface area contributed by atoms with Crippen molar-refractivity contribution >= 4 is 17.3 Å². The van der Waals surface area contributed by atoms with Crippen LogP contribution in [0.2, 0.25) is 0 Å². The van der Waals surface area contributed by atoms with Gasteiger partial charge in [-0.2, -0.15) is 0 Å². The van der Waals surface area contributed by atoms with Crippen LogP contribution in [0, 0.1) is 0 Å². The van der Waals surface area contributed by atoms with Gasteiger partial charge in [0.1, 0.15) is 6.61 Å². The summed E-state index contributed by atoms with van der Waals surface area (Å²) < 4.78 is 0. The summed E-state index contributed by atoms with van der Waals surface area (Å²) in [5.41, 5.74) is 1.89. The first-order chi connectivity index (χ1) is 8.20. The smallest absolute Gasteiger partial charge is 0.247 e. The summed E-state index contributed by atoms with van der Waals surface area (Å²) >= 11 is 0. The van der Waals surface area contributed by atoms with E-state index in [1.54, 1.807) is 6.08 Å². The fourth-order valence-corrected chi connectivity index (χ4v) is 1.79. The molecule has 0 spiro atoms. The van der Waals surface area contributed by atoms with Crippen LogP contribution in [-0.2, 0) is 9.59 Å². The third-order valence-corrected chi connectivity index (χ3v) is 2.66. The van der Waals surface area contributed by atoms with Gasteiger partial charge in [-0.15, -0.1) is 0 Å². The van der Waals surface area contributed by atoms with Crippen LogP contribution in [-0.4, -0.2) is 41.4 Å². The van der Waals surface area contributed by atoms with Crippen molar-refractivity contribution in [1.29, 1.82) is 0 Å². The number of amides is 1. The minimum atomic E-state index is -0.523. The van der Waals surface area contributed by atoms with Gasteiger partial charge in [0.25, 0.3) is 0 Å². The molecule has 0 saturated carbocycles. The number of ketones is 1. The number of nitrogens with zero attached hydrogens (tertiary/aromatic N) is 1. The molecule has 4 nitrogen and oxygen atoms in total. The molecule has 0 unspecified atom stereocenters. The van der Waals surface area contributed by atoms with E-state index in [9.17, 15) is 9.59 Å². The van der Waals surface area contributed by atoms with Crippen LogP contribution in [0.1, 0.15) is 5.56 Å². The molecule has 1 aromatic carbocycles. The number of rotatable bonds is 4. The van der Waals surface area contributed by atoms with Crippen molar-refractivity contribution in [2.75, 3.05) is 19.7 Å². The molecule has 1 aliphatic rings. The standard InChI is InChI=1S/C13H13NO3/c15-9-12(16)8-14-7-11(6-13(14)17)10-4-2-1-3-5-10/h1-6,15H,7-9H2. The number of aliphatic hydroxyl groups is 1. The lowest BCUT2D eigenvalue weighted by Gasteiger charge is -2.14. The fourth-order valence-electron chi connectivity index (χ4n) is 1.79. The molecule has 1 N–H and O–H groups in total. The van der Waals surface area contributed by atoms with Crippen molar-refractivity contribution in [3.05, 3.63) is 42.0 Å². The molecule has 0 saturated heterocycles. The lowest BCUT2D eigenvalue weighted by molar-refractivity contribution is -0.131. The van der Waals surface area contributed by atoms with Gasteiger partial charge in [0.15, 0.2) is 5.78 Å². The molecular weight excluding hydrogens is 218 g/mol. The number of carbonyl (C=O) groups is 2. The van der Waals surface area contributed by atoms with Gasteiger partial charge < -0.3 is 10.0 Å². The first-order valence-corrected chi connectivity index (χ1v) is 5.38. The van der Waals surface area contributed by atoms with Crippen LogP contribution in [0.3, 0.4) is 0 Å². The maximum Gasteiger partial charge on any atom is 0.247 e. The Balaban J connectivity index is 2.08. The second-order valence-electron chi connectivity index (χ2n) is 3.93. The molecule has 1 aromatic rings. The largest absolute Gasteiger partial charge is 0.389 e. The fraction of sp³-hybridized carbons (Fsp3) is 0.231. The molecule has 0 fully saturated rings. The van der Waals surface area contributed by atoms with Gasteiger partial charge in [0, 0.05) is 12.6 Å². The maximum atomic E-state index is 11.6. The van der Waals surface area contributed by atoms with Crippen molar-refractivity contribution in [1.82, 2.24) is 4.90 Å². The Kier molecular flexibility index (Phi) is 3.35. The molecule has 0 aliphatic carbocycles. The highest BCUT2D eigenvalue weighted by atomic mass is 16.3. The van der Waals surface area contributed by atoms with E-state index < -0.39 is 6.61 Å². The van der Waals surface area contributed by atoms with E-state index in [0.29, 0.717) is 6.54 Å². The Bertz CT molecular complexity index is 465. The first kappa shape index (κ1) is 11.5. The van der Waals surface area contributed by atoms with Gasteiger partial charge in [-0.05, 0) is 11.1 Å². The lowest BCUT2D eigenvalue weighted by atomic mass is 10.1. The van der Waals surface area contributed by atoms with E-state index in [1.165, 1.54) is 4.90 Å². The second-order valence-corrected chi connectivity index (χ2v) is 3.93. The van der Waals surface area contributed by atoms with Crippen LogP contribution in [0.5, 0.6) is 0 Å². The molecule has 0 radical (unpaired) electrons. The Morgan fingerprint density at radius 3 is 2.65 bits per heavy atom. The van der Waals surface area contributed by atoms with Crippen LogP contribution < -0.4 is 0 Å². The predicted octanol–water partition coefficient (Wildman–Crippen LogP) is 0.474. The zero-order valence-corrected chi connectivity index (χ0v) is 9.30. The number of hydrogen-bond acceptors (Lipinski definition) is 3. The van der Waals surface area contributed by atoms with E-state index in [2.05, 4.69) is 0 Å². The number of hydrogen-bond donors (Lipinski definition) is 1. The quantitative estimate of drug-likeness (QED) is 0.819. The van der Waals surface area contributed by atoms with Gasteiger partial charge in [-0.3, -0.25) is 9.59 Å². The molecule has 0 bridgehead atoms. The first-order valence-electron chi connectivity index (χ1n) is 5.38. The SMILES string of the molecule is O=C(CO)CN1CC(c2ccccc2)=CC1=O. The number of aliphatic hydroxyl groups excluding tert-OH is 1. The van der Waals surface area contributed by atoms with E-state index >= 15 is 0 Å². The third kappa shape index (κ3) is 2.60. The topological polar surface area (TPSA) is 57.6 Å². The highest BCUT2D eigenvalue weighted by Gasteiger charge is 2.23. The minimum absolute atomic E-state index is 0.0256. The minimum Gasteiger partial charge on any atom is -0.389 e. The summed E-state index contributed by atoms with van der Waals surface area (Å²) in [5, 5.41) is 8.66. The number of Topliss-reactive ketones (excluding diaryl/α,β-unsaturated/α-hetero) is 1. The highest BCUT2D eigenvalue weighted by molar-refractivity contribution is 6.02. The maximum absolute atomic E-state index is 11.6. The zero-order valence-electron chi connectivity index (χ0n) is 9.30. The van der Waals surface area contributed by atoms with E-state index in [4.69, 9.17) is 5.11 Å². The summed E-state index contributed by atoms with van der Waals surface area (Å²) in [4.78, 5) is 24.1. The van der Waals surface area contributed by atoms with Gasteiger partial charge in [-0.1, -0.05) is 30.3 Å². The number of carbonyl (C=O) groups excluding carboxylic acids is 2. The van der Waals surface area contributed by atoms with Crippen molar-refractivity contribution < 1.29 is 14.7 Å². The Labute approximate surface area is 99.2 Å². The molecule has 2 rings (SSSR count). The van der Waals surface area contributed by atoms with E-state index in [0.717, 1.165) is 11.1 Å². The summed E-state index contributed by atoms with van der Waals surface area (Å²) in [6.07, 6.45) is 1.54. The average molecular weight is 231 g/mol. The van der Waals surface area contributed by atoms with Crippen LogP contribution in [0.15, 0.2) is 36.4 Å². The molecule has 0 atom stereocenters. The highest BCUT2D eigenvalue weighted by Crippen LogP contribution is 2.21. The molecule has 1 amide bonds. The average Bonchev–Trinajstić information content (AvgIpc) is 2.72. The molecule has 1 aliphatic heterocycles. The third-order valence-electron chi connectivity index (χ3n) is 2.66. The van der Waals surface area contributed by atoms with Crippen LogP contribution in [0.25, 0.3) is 5.57 Å². The number of benzene rings is 1. The van der Waals surface area contributed by atoms with Crippen LogP contribution in [0.4, 0.5) is 0 Å².